The van der Waals surface area contributed by atoms with E-state index in [1.807, 2.05) is 0 Å². The maximum atomic E-state index is 2.49. The van der Waals surface area contributed by atoms with Crippen LogP contribution >= 0.6 is 0 Å². The first-order valence-electron chi connectivity index (χ1n) is 23.7. The van der Waals surface area contributed by atoms with Crippen molar-refractivity contribution in [3.63, 3.8) is 0 Å². The lowest BCUT2D eigenvalue weighted by molar-refractivity contribution is 1.18. The van der Waals surface area contributed by atoms with E-state index in [1.165, 1.54) is 54.8 Å². The molecule has 11 aromatic carbocycles. The second kappa shape index (κ2) is 16.9. The van der Waals surface area contributed by atoms with Crippen molar-refractivity contribution in [1.29, 1.82) is 0 Å². The monoisotopic (exact) mass is 879 g/mol. The minimum atomic E-state index is 1.06. The van der Waals surface area contributed by atoms with Gasteiger partial charge >= 0.3 is 0 Å². The van der Waals surface area contributed by atoms with Crippen LogP contribution in [-0.2, 0) is 0 Å². The fourth-order valence-electron chi connectivity index (χ4n) is 10.7. The van der Waals surface area contributed by atoms with Crippen LogP contribution in [-0.4, -0.2) is 9.13 Å². The van der Waals surface area contributed by atoms with Gasteiger partial charge in [0.15, 0.2) is 0 Å². The Kier molecular flexibility index (Phi) is 9.84. The molecule has 0 atom stereocenters. The van der Waals surface area contributed by atoms with Gasteiger partial charge in [-0.25, -0.2) is 0 Å². The molecule has 0 fully saturated rings. The maximum absolute atomic E-state index is 2.49. The molecular formula is C66H45N3. The molecule has 0 radical (unpaired) electrons. The van der Waals surface area contributed by atoms with Crippen molar-refractivity contribution in [3.05, 3.63) is 273 Å². The number of para-hydroxylation sites is 4. The van der Waals surface area contributed by atoms with Crippen LogP contribution in [0.5, 0.6) is 0 Å². The Bertz CT molecular complexity index is 4000. The van der Waals surface area contributed by atoms with Crippen molar-refractivity contribution >= 4 is 60.7 Å². The van der Waals surface area contributed by atoms with Gasteiger partial charge in [0.1, 0.15) is 0 Å². The topological polar surface area (TPSA) is 13.1 Å². The summed E-state index contributed by atoms with van der Waals surface area (Å²) in [7, 11) is 0. The van der Waals surface area contributed by atoms with Crippen molar-refractivity contribution < 1.29 is 0 Å². The average molecular weight is 880 g/mol. The fraction of sp³-hybridized carbons (Fsp3) is 0. The van der Waals surface area contributed by atoms with Gasteiger partial charge in [0.2, 0.25) is 0 Å². The summed E-state index contributed by atoms with van der Waals surface area (Å²) < 4.78 is 4.79. The summed E-state index contributed by atoms with van der Waals surface area (Å²) in [5.74, 6) is 0. The van der Waals surface area contributed by atoms with Gasteiger partial charge in [0, 0.05) is 49.9 Å². The number of benzene rings is 11. The fourth-order valence-corrected chi connectivity index (χ4v) is 10.7. The zero-order valence-electron chi connectivity index (χ0n) is 37.8. The average Bonchev–Trinajstić information content (AvgIpc) is 3.94. The highest BCUT2D eigenvalue weighted by molar-refractivity contribution is 6.12. The van der Waals surface area contributed by atoms with Crippen LogP contribution in [0.2, 0.25) is 0 Å². The van der Waals surface area contributed by atoms with Crippen LogP contribution in [0.15, 0.2) is 273 Å². The smallest absolute Gasteiger partial charge is 0.0561 e. The Labute approximate surface area is 401 Å². The molecule has 0 aliphatic carbocycles. The maximum Gasteiger partial charge on any atom is 0.0561 e. The minimum absolute atomic E-state index is 1.06. The van der Waals surface area contributed by atoms with E-state index in [0.717, 1.165) is 61.8 Å². The molecule has 0 aliphatic rings. The van der Waals surface area contributed by atoms with Crippen LogP contribution in [0.25, 0.3) is 99.5 Å². The Hall–Kier alpha value is -9.18. The van der Waals surface area contributed by atoms with Gasteiger partial charge in [-0.15, -0.1) is 0 Å². The first-order chi connectivity index (χ1) is 34.3. The van der Waals surface area contributed by atoms with Crippen molar-refractivity contribution in [3.8, 4) is 55.9 Å². The number of anilines is 3. The Morgan fingerprint density at radius 1 is 0.246 bits per heavy atom. The number of aromatic nitrogens is 2. The molecule has 13 rings (SSSR count). The lowest BCUT2D eigenvalue weighted by atomic mass is 9.87. The molecule has 0 saturated carbocycles. The van der Waals surface area contributed by atoms with E-state index in [-0.39, 0.29) is 0 Å². The van der Waals surface area contributed by atoms with Gasteiger partial charge in [-0.1, -0.05) is 194 Å². The molecule has 0 bridgehead atoms. The van der Waals surface area contributed by atoms with Crippen LogP contribution in [0, 0.1) is 0 Å². The lowest BCUT2D eigenvalue weighted by Crippen LogP contribution is -2.12. The van der Waals surface area contributed by atoms with Gasteiger partial charge in [-0.2, -0.15) is 0 Å². The first kappa shape index (κ1) is 40.1. The molecule has 0 amide bonds. The SMILES string of the molecule is c1ccc(-c2ccccc2-c2c(-c3ccccc3)cccc2N(c2cccc(-c3ccc4c(c3)c3ccccc3n4-c3ccccc3)c2)c2ccc3c4ccccc4n(-c4ccccc4)c3c2)cc1. The van der Waals surface area contributed by atoms with Crippen molar-refractivity contribution in [2.75, 3.05) is 4.90 Å². The summed E-state index contributed by atoms with van der Waals surface area (Å²) in [4.78, 5) is 2.49. The molecule has 3 heteroatoms. The Balaban J connectivity index is 1.08. The van der Waals surface area contributed by atoms with E-state index in [4.69, 9.17) is 0 Å². The summed E-state index contributed by atoms with van der Waals surface area (Å²) >= 11 is 0. The molecule has 0 spiro atoms. The predicted molar refractivity (Wildman–Crippen MR) is 292 cm³/mol. The van der Waals surface area contributed by atoms with Crippen molar-refractivity contribution in [1.82, 2.24) is 9.13 Å². The summed E-state index contributed by atoms with van der Waals surface area (Å²) in [5.41, 5.74) is 19.5. The molecular weight excluding hydrogens is 835 g/mol. The number of hydrogen-bond donors (Lipinski definition) is 0. The molecule has 2 heterocycles. The van der Waals surface area contributed by atoms with Gasteiger partial charge in [-0.05, 0) is 118 Å². The van der Waals surface area contributed by atoms with Crippen molar-refractivity contribution in [2.45, 2.75) is 0 Å². The summed E-state index contributed by atoms with van der Waals surface area (Å²) in [5, 5.41) is 4.90. The standard InChI is InChI=1S/C66H45N3/c1-5-21-46(22-6-1)54-31-13-14-34-59(54)66-55(47-23-7-2-8-24-47)35-20-38-64(66)67(53-40-41-58-56-32-15-17-36-61(56)69(65(58)45-53)51-28-11-4-12-29-51)52-30-19-25-48(43-52)49-39-42-63-60(44-49)57-33-16-18-37-62(57)68(63)50-26-9-3-10-27-50/h1-45H. The van der Waals surface area contributed by atoms with Crippen LogP contribution in [0.4, 0.5) is 17.1 Å². The number of nitrogens with zero attached hydrogens (tertiary/aromatic N) is 3. The molecule has 0 N–H and O–H groups in total. The predicted octanol–water partition coefficient (Wildman–Crippen LogP) is 18.0. The van der Waals surface area contributed by atoms with E-state index in [9.17, 15) is 0 Å². The van der Waals surface area contributed by atoms with E-state index < -0.39 is 0 Å². The summed E-state index contributed by atoms with van der Waals surface area (Å²) in [6.45, 7) is 0. The van der Waals surface area contributed by atoms with E-state index in [2.05, 4.69) is 287 Å². The largest absolute Gasteiger partial charge is 0.310 e. The molecule has 3 nitrogen and oxygen atoms in total. The normalized spacial score (nSPS) is 11.5. The van der Waals surface area contributed by atoms with Gasteiger partial charge in [0.05, 0.1) is 27.8 Å². The Morgan fingerprint density at radius 3 is 1.39 bits per heavy atom. The number of hydrogen-bond acceptors (Lipinski definition) is 1. The Morgan fingerprint density at radius 2 is 0.710 bits per heavy atom. The molecule has 2 aromatic heterocycles. The third-order valence-corrected chi connectivity index (χ3v) is 13.7. The minimum Gasteiger partial charge on any atom is -0.310 e. The second-order valence-corrected chi connectivity index (χ2v) is 17.7. The molecule has 13 aromatic rings. The third kappa shape index (κ3) is 6.91. The number of fused-ring (bicyclic) bond motifs is 6. The van der Waals surface area contributed by atoms with Crippen LogP contribution in [0.3, 0.4) is 0 Å². The zero-order chi connectivity index (χ0) is 45.7. The van der Waals surface area contributed by atoms with Crippen LogP contribution < -0.4 is 4.90 Å². The summed E-state index contributed by atoms with van der Waals surface area (Å²) in [6, 6.07) is 99.3. The quantitative estimate of drug-likeness (QED) is 0.141. The highest BCUT2D eigenvalue weighted by Gasteiger charge is 2.25. The molecule has 0 aliphatic heterocycles. The number of rotatable bonds is 9. The second-order valence-electron chi connectivity index (χ2n) is 17.7. The van der Waals surface area contributed by atoms with Crippen LogP contribution in [0.1, 0.15) is 0 Å². The molecule has 324 valence electrons. The molecule has 69 heavy (non-hydrogen) atoms. The highest BCUT2D eigenvalue weighted by atomic mass is 15.1. The zero-order valence-corrected chi connectivity index (χ0v) is 37.8. The lowest BCUT2D eigenvalue weighted by Gasteiger charge is -2.30. The first-order valence-corrected chi connectivity index (χ1v) is 23.7. The summed E-state index contributed by atoms with van der Waals surface area (Å²) in [6.07, 6.45) is 0. The van der Waals surface area contributed by atoms with Gasteiger partial charge in [-0.3, -0.25) is 0 Å². The van der Waals surface area contributed by atoms with Gasteiger partial charge in [0.25, 0.3) is 0 Å². The highest BCUT2D eigenvalue weighted by Crippen LogP contribution is 2.49. The van der Waals surface area contributed by atoms with Crippen molar-refractivity contribution in [2.24, 2.45) is 0 Å². The van der Waals surface area contributed by atoms with E-state index in [0.29, 0.717) is 0 Å². The van der Waals surface area contributed by atoms with Gasteiger partial charge < -0.3 is 14.0 Å². The third-order valence-electron chi connectivity index (χ3n) is 13.7. The van der Waals surface area contributed by atoms with E-state index >= 15 is 0 Å². The molecule has 0 unspecified atom stereocenters. The molecule has 0 saturated heterocycles. The van der Waals surface area contributed by atoms with E-state index in [1.54, 1.807) is 0 Å².